The van der Waals surface area contributed by atoms with Gasteiger partial charge in [0.05, 0.1) is 11.8 Å². The molecule has 1 aromatic heterocycles. The van der Waals surface area contributed by atoms with Crippen molar-refractivity contribution in [1.29, 1.82) is 0 Å². The van der Waals surface area contributed by atoms with Crippen LogP contribution in [0.25, 0.3) is 21.9 Å². The van der Waals surface area contributed by atoms with Crippen LogP contribution in [0.15, 0.2) is 95.4 Å². The SMILES string of the molecule is CC(=O)N(CN1C(=O)[C@@H]2C3c4ccccc4C(c4ccccc43)[C@@H]2C1=O)c1ccc2c(c1)oc1ccccc12. The van der Waals surface area contributed by atoms with Crippen LogP contribution >= 0.6 is 0 Å². The Balaban J connectivity index is 1.19. The van der Waals surface area contributed by atoms with Crippen LogP contribution in [0.3, 0.4) is 0 Å². The van der Waals surface area contributed by atoms with E-state index in [4.69, 9.17) is 4.42 Å². The molecule has 0 unspecified atom stereocenters. The molecule has 39 heavy (non-hydrogen) atoms. The van der Waals surface area contributed by atoms with Crippen molar-refractivity contribution in [1.82, 2.24) is 4.90 Å². The van der Waals surface area contributed by atoms with Gasteiger partial charge in [0, 0.05) is 41.3 Å². The molecule has 3 amide bonds. The van der Waals surface area contributed by atoms with E-state index in [0.717, 1.165) is 38.6 Å². The summed E-state index contributed by atoms with van der Waals surface area (Å²) < 4.78 is 6.03. The summed E-state index contributed by atoms with van der Waals surface area (Å²) in [6.07, 6.45) is 0. The molecule has 0 saturated carbocycles. The number of imide groups is 1. The molecule has 4 aromatic carbocycles. The highest BCUT2D eigenvalue weighted by Crippen LogP contribution is 2.61. The van der Waals surface area contributed by atoms with E-state index in [1.54, 1.807) is 0 Å². The molecule has 2 heterocycles. The number of hydrogen-bond acceptors (Lipinski definition) is 4. The van der Waals surface area contributed by atoms with Gasteiger partial charge in [-0.2, -0.15) is 0 Å². The molecule has 1 saturated heterocycles. The van der Waals surface area contributed by atoms with Gasteiger partial charge < -0.3 is 4.42 Å². The molecule has 4 aliphatic rings. The fourth-order valence-corrected chi connectivity index (χ4v) is 7.27. The Kier molecular flexibility index (Phi) is 4.51. The second-order valence-electron chi connectivity index (χ2n) is 10.7. The number of carbonyl (C=O) groups excluding carboxylic acids is 3. The molecule has 2 bridgehead atoms. The summed E-state index contributed by atoms with van der Waals surface area (Å²) in [5.74, 6) is -1.97. The minimum Gasteiger partial charge on any atom is -0.456 e. The lowest BCUT2D eigenvalue weighted by atomic mass is 9.55. The summed E-state index contributed by atoms with van der Waals surface area (Å²) in [5, 5.41) is 1.95. The van der Waals surface area contributed by atoms with Gasteiger partial charge in [0.25, 0.3) is 0 Å². The predicted molar refractivity (Wildman–Crippen MR) is 147 cm³/mol. The van der Waals surface area contributed by atoms with E-state index >= 15 is 0 Å². The summed E-state index contributed by atoms with van der Waals surface area (Å²) in [6, 6.07) is 29.7. The molecule has 0 spiro atoms. The van der Waals surface area contributed by atoms with E-state index < -0.39 is 11.8 Å². The third-order valence-electron chi connectivity index (χ3n) is 8.88. The second-order valence-corrected chi connectivity index (χ2v) is 10.7. The molecule has 1 fully saturated rings. The van der Waals surface area contributed by atoms with Crippen molar-refractivity contribution in [2.24, 2.45) is 11.8 Å². The molecule has 190 valence electrons. The Morgan fingerprint density at radius 3 is 1.79 bits per heavy atom. The first kappa shape index (κ1) is 22.3. The van der Waals surface area contributed by atoms with Gasteiger partial charge in [0.2, 0.25) is 17.7 Å². The molecule has 0 N–H and O–H groups in total. The van der Waals surface area contributed by atoms with Gasteiger partial charge in [0.1, 0.15) is 17.8 Å². The fourth-order valence-electron chi connectivity index (χ4n) is 7.27. The van der Waals surface area contributed by atoms with E-state index in [2.05, 4.69) is 24.3 Å². The molecular weight excluding hydrogens is 488 g/mol. The van der Waals surface area contributed by atoms with Crippen molar-refractivity contribution < 1.29 is 18.8 Å². The van der Waals surface area contributed by atoms with Crippen LogP contribution in [0.2, 0.25) is 0 Å². The van der Waals surface area contributed by atoms with Crippen molar-refractivity contribution >= 4 is 45.3 Å². The number of benzene rings is 4. The zero-order valence-electron chi connectivity index (χ0n) is 21.2. The summed E-state index contributed by atoms with van der Waals surface area (Å²) in [4.78, 5) is 43.8. The number of nitrogens with zero attached hydrogens (tertiary/aromatic N) is 2. The molecule has 9 rings (SSSR count). The number of para-hydroxylation sites is 1. The highest BCUT2D eigenvalue weighted by atomic mass is 16.3. The largest absolute Gasteiger partial charge is 0.456 e. The lowest BCUT2D eigenvalue weighted by molar-refractivity contribution is -0.140. The quantitative estimate of drug-likeness (QED) is 0.287. The summed E-state index contributed by atoms with van der Waals surface area (Å²) >= 11 is 0. The number of rotatable bonds is 3. The lowest BCUT2D eigenvalue weighted by Gasteiger charge is -2.45. The second kappa shape index (κ2) is 7.90. The molecule has 0 radical (unpaired) electrons. The molecule has 6 heteroatoms. The lowest BCUT2D eigenvalue weighted by Crippen LogP contribution is -2.44. The highest BCUT2D eigenvalue weighted by Gasteiger charge is 2.61. The summed E-state index contributed by atoms with van der Waals surface area (Å²) in [7, 11) is 0. The molecule has 2 atom stereocenters. The van der Waals surface area contributed by atoms with Gasteiger partial charge in [-0.3, -0.25) is 24.2 Å². The van der Waals surface area contributed by atoms with Crippen molar-refractivity contribution in [3.63, 3.8) is 0 Å². The summed E-state index contributed by atoms with van der Waals surface area (Å²) in [5.41, 5.74) is 6.51. The van der Waals surface area contributed by atoms with Gasteiger partial charge in [-0.05, 0) is 40.5 Å². The Labute approximate surface area is 224 Å². The van der Waals surface area contributed by atoms with E-state index in [1.165, 1.54) is 16.7 Å². The third kappa shape index (κ3) is 2.94. The maximum Gasteiger partial charge on any atom is 0.235 e. The molecule has 3 aliphatic carbocycles. The molecular formula is C33H24N2O4. The number of furan rings is 1. The maximum absolute atomic E-state index is 14.0. The standard InChI is InChI=1S/C33H24N2O4/c1-18(36)34(19-14-15-21-20-8-6-7-13-26(20)39-27(21)16-19)17-35-32(37)30-28-22-9-2-3-10-23(22)29(31(30)33(35)38)25-12-5-4-11-24(25)28/h2-16,28-31H,17H2,1H3/t28?,29?,30-,31+. The number of fused-ring (bicyclic) bond motifs is 3. The van der Waals surface area contributed by atoms with Crippen molar-refractivity contribution in [2.75, 3.05) is 11.6 Å². The number of carbonyl (C=O) groups is 3. The molecule has 5 aromatic rings. The zero-order chi connectivity index (χ0) is 26.4. The fraction of sp³-hybridized carbons (Fsp3) is 0.182. The Morgan fingerprint density at radius 1 is 0.718 bits per heavy atom. The minimum atomic E-state index is -0.473. The average Bonchev–Trinajstić information content (AvgIpc) is 3.45. The van der Waals surface area contributed by atoms with Crippen LogP contribution in [-0.2, 0) is 14.4 Å². The van der Waals surface area contributed by atoms with E-state index in [0.29, 0.717) is 11.3 Å². The molecule has 6 nitrogen and oxygen atoms in total. The van der Waals surface area contributed by atoms with Gasteiger partial charge in [-0.15, -0.1) is 0 Å². The Hall–Kier alpha value is -4.71. The van der Waals surface area contributed by atoms with Crippen molar-refractivity contribution in [3.8, 4) is 0 Å². The van der Waals surface area contributed by atoms with Crippen LogP contribution in [0.5, 0.6) is 0 Å². The van der Waals surface area contributed by atoms with E-state index in [-0.39, 0.29) is 36.2 Å². The van der Waals surface area contributed by atoms with Gasteiger partial charge >= 0.3 is 0 Å². The molecule has 1 aliphatic heterocycles. The van der Waals surface area contributed by atoms with Gasteiger partial charge in [-0.1, -0.05) is 66.7 Å². The van der Waals surface area contributed by atoms with Crippen LogP contribution in [-0.4, -0.2) is 29.3 Å². The summed E-state index contributed by atoms with van der Waals surface area (Å²) in [6.45, 7) is 1.33. The number of likely N-dealkylation sites (tertiary alicyclic amines) is 1. The maximum atomic E-state index is 14.0. The van der Waals surface area contributed by atoms with Crippen LogP contribution in [0.1, 0.15) is 41.0 Å². The van der Waals surface area contributed by atoms with Gasteiger partial charge in [0.15, 0.2) is 0 Å². The first-order valence-corrected chi connectivity index (χ1v) is 13.2. The minimum absolute atomic E-state index is 0.127. The van der Waals surface area contributed by atoms with Crippen molar-refractivity contribution in [3.05, 3.63) is 113 Å². The van der Waals surface area contributed by atoms with E-state index in [1.807, 2.05) is 66.7 Å². The smallest absolute Gasteiger partial charge is 0.235 e. The first-order valence-electron chi connectivity index (χ1n) is 13.2. The highest BCUT2D eigenvalue weighted by molar-refractivity contribution is 6.09. The van der Waals surface area contributed by atoms with E-state index in [9.17, 15) is 14.4 Å². The number of anilines is 1. The number of amides is 3. The van der Waals surface area contributed by atoms with Crippen LogP contribution in [0, 0.1) is 11.8 Å². The van der Waals surface area contributed by atoms with Crippen LogP contribution in [0.4, 0.5) is 5.69 Å². The topological polar surface area (TPSA) is 70.8 Å². The third-order valence-corrected chi connectivity index (χ3v) is 8.88. The Bertz CT molecular complexity index is 1760. The Morgan fingerprint density at radius 2 is 1.23 bits per heavy atom. The predicted octanol–water partition coefficient (Wildman–Crippen LogP) is 5.79. The monoisotopic (exact) mass is 512 g/mol. The van der Waals surface area contributed by atoms with Crippen LogP contribution < -0.4 is 4.90 Å². The zero-order valence-corrected chi connectivity index (χ0v) is 21.2. The first-order chi connectivity index (χ1) is 19.0. The average molecular weight is 513 g/mol. The van der Waals surface area contributed by atoms with Gasteiger partial charge in [-0.25, -0.2) is 0 Å². The normalized spacial score (nSPS) is 22.7. The van der Waals surface area contributed by atoms with Crippen molar-refractivity contribution in [2.45, 2.75) is 18.8 Å². The number of hydrogen-bond donors (Lipinski definition) is 0.